The van der Waals surface area contributed by atoms with Crippen LogP contribution in [0.2, 0.25) is 0 Å². The van der Waals surface area contributed by atoms with Gasteiger partial charge in [0.05, 0.1) is 5.52 Å². The van der Waals surface area contributed by atoms with Crippen molar-refractivity contribution in [2.75, 3.05) is 0 Å². The van der Waals surface area contributed by atoms with Crippen LogP contribution in [-0.4, -0.2) is 9.97 Å². The first-order chi connectivity index (χ1) is 11.4. The van der Waals surface area contributed by atoms with Crippen molar-refractivity contribution in [1.29, 1.82) is 0 Å². The minimum atomic E-state index is 0.343. The quantitative estimate of drug-likeness (QED) is 0.690. The summed E-state index contributed by atoms with van der Waals surface area (Å²) in [4.78, 5) is 8.71. The van der Waals surface area contributed by atoms with E-state index in [0.717, 1.165) is 18.5 Å². The van der Waals surface area contributed by atoms with E-state index in [2.05, 4.69) is 52.5 Å². The minimum absolute atomic E-state index is 0.343. The van der Waals surface area contributed by atoms with Crippen molar-refractivity contribution in [3.05, 3.63) is 72.2 Å². The summed E-state index contributed by atoms with van der Waals surface area (Å²) in [6.45, 7) is 3.07. The molecular weight excluding hydrogens is 282 g/mol. The van der Waals surface area contributed by atoms with Crippen molar-refractivity contribution in [1.82, 2.24) is 15.3 Å². The summed E-state index contributed by atoms with van der Waals surface area (Å²) in [5.74, 6) is 0. The number of rotatable bonds is 7. The third kappa shape index (κ3) is 3.93. The molecule has 3 heteroatoms. The number of benzene rings is 1. The van der Waals surface area contributed by atoms with Crippen molar-refractivity contribution in [3.63, 3.8) is 0 Å². The normalized spacial score (nSPS) is 12.4. The topological polar surface area (TPSA) is 37.8 Å². The van der Waals surface area contributed by atoms with E-state index in [4.69, 9.17) is 0 Å². The van der Waals surface area contributed by atoms with Gasteiger partial charge in [-0.1, -0.05) is 44.0 Å². The molecule has 3 rings (SSSR count). The Balaban J connectivity index is 1.77. The second kappa shape index (κ2) is 7.84. The minimum Gasteiger partial charge on any atom is -0.306 e. The van der Waals surface area contributed by atoms with Gasteiger partial charge in [-0.25, -0.2) is 0 Å². The molecule has 0 aliphatic carbocycles. The van der Waals surface area contributed by atoms with E-state index >= 15 is 0 Å². The molecule has 23 heavy (non-hydrogen) atoms. The van der Waals surface area contributed by atoms with Crippen LogP contribution in [0.1, 0.15) is 43.4 Å². The highest BCUT2D eigenvalue weighted by Gasteiger charge is 2.11. The predicted molar refractivity (Wildman–Crippen MR) is 95.1 cm³/mol. The van der Waals surface area contributed by atoms with Gasteiger partial charge in [-0.05, 0) is 35.7 Å². The fourth-order valence-electron chi connectivity index (χ4n) is 2.93. The van der Waals surface area contributed by atoms with Crippen LogP contribution >= 0.6 is 0 Å². The lowest BCUT2D eigenvalue weighted by atomic mass is 10.0. The zero-order valence-electron chi connectivity index (χ0n) is 13.6. The van der Waals surface area contributed by atoms with Crippen LogP contribution < -0.4 is 5.32 Å². The number of unbranched alkanes of at least 4 members (excludes halogenated alkanes) is 1. The van der Waals surface area contributed by atoms with E-state index in [9.17, 15) is 0 Å². The maximum absolute atomic E-state index is 4.44. The Labute approximate surface area is 137 Å². The van der Waals surface area contributed by atoms with Crippen LogP contribution in [0, 0.1) is 0 Å². The molecule has 1 aromatic carbocycles. The maximum Gasteiger partial charge on any atom is 0.0705 e. The average Bonchev–Trinajstić information content (AvgIpc) is 2.62. The van der Waals surface area contributed by atoms with E-state index in [1.54, 1.807) is 0 Å². The summed E-state index contributed by atoms with van der Waals surface area (Å²) < 4.78 is 0. The number of nitrogens with zero attached hydrogens (tertiary/aromatic N) is 2. The molecule has 0 aliphatic rings. The predicted octanol–water partition coefficient (Wildman–Crippen LogP) is 4.65. The first kappa shape index (κ1) is 15.6. The molecule has 1 N–H and O–H groups in total. The monoisotopic (exact) mass is 305 g/mol. The summed E-state index contributed by atoms with van der Waals surface area (Å²) in [5.41, 5.74) is 3.61. The lowest BCUT2D eigenvalue weighted by Gasteiger charge is -2.19. The molecule has 2 aromatic heterocycles. The molecule has 0 saturated heterocycles. The van der Waals surface area contributed by atoms with E-state index < -0.39 is 0 Å². The largest absolute Gasteiger partial charge is 0.306 e. The molecular formula is C20H23N3. The third-order valence-electron chi connectivity index (χ3n) is 4.21. The fraction of sp³-hybridized carbons (Fsp3) is 0.300. The first-order valence-electron chi connectivity index (χ1n) is 8.34. The molecule has 0 spiro atoms. The van der Waals surface area contributed by atoms with Gasteiger partial charge in [0, 0.05) is 36.6 Å². The SMILES string of the molecule is CCCCC(NCc1cccc2ncccc12)c1cccnc1. The van der Waals surface area contributed by atoms with E-state index in [0.29, 0.717) is 6.04 Å². The first-order valence-corrected chi connectivity index (χ1v) is 8.34. The van der Waals surface area contributed by atoms with Crippen molar-refractivity contribution < 1.29 is 0 Å². The van der Waals surface area contributed by atoms with Crippen LogP contribution in [0.3, 0.4) is 0 Å². The summed E-state index contributed by atoms with van der Waals surface area (Å²) in [5, 5.41) is 4.94. The molecule has 3 aromatic rings. The summed E-state index contributed by atoms with van der Waals surface area (Å²) >= 11 is 0. The van der Waals surface area contributed by atoms with Gasteiger partial charge in [0.15, 0.2) is 0 Å². The van der Waals surface area contributed by atoms with Crippen LogP contribution in [-0.2, 0) is 6.54 Å². The molecule has 0 saturated carbocycles. The van der Waals surface area contributed by atoms with Crippen molar-refractivity contribution in [3.8, 4) is 0 Å². The van der Waals surface area contributed by atoms with Gasteiger partial charge in [-0.2, -0.15) is 0 Å². The second-order valence-corrected chi connectivity index (χ2v) is 5.85. The van der Waals surface area contributed by atoms with Crippen molar-refractivity contribution in [2.24, 2.45) is 0 Å². The van der Waals surface area contributed by atoms with Gasteiger partial charge in [0.2, 0.25) is 0 Å². The van der Waals surface area contributed by atoms with E-state index in [-0.39, 0.29) is 0 Å². The van der Waals surface area contributed by atoms with Crippen LogP contribution in [0.4, 0.5) is 0 Å². The highest BCUT2D eigenvalue weighted by atomic mass is 14.9. The third-order valence-corrected chi connectivity index (χ3v) is 4.21. The molecule has 0 fully saturated rings. The van der Waals surface area contributed by atoms with Gasteiger partial charge in [-0.3, -0.25) is 9.97 Å². The molecule has 0 aliphatic heterocycles. The standard InChI is InChI=1S/C20H23N3/c1-2-3-10-19(17-8-5-12-21-14-17)23-15-16-7-4-11-20-18(16)9-6-13-22-20/h4-9,11-14,19,23H,2-3,10,15H2,1H3. The summed E-state index contributed by atoms with van der Waals surface area (Å²) in [6, 6.07) is 15.0. The zero-order valence-corrected chi connectivity index (χ0v) is 13.6. The molecule has 0 bridgehead atoms. The van der Waals surface area contributed by atoms with Crippen LogP contribution in [0.5, 0.6) is 0 Å². The molecule has 0 radical (unpaired) electrons. The van der Waals surface area contributed by atoms with E-state index in [1.165, 1.54) is 29.4 Å². The molecule has 1 unspecified atom stereocenters. The zero-order chi connectivity index (χ0) is 15.9. The Bertz CT molecular complexity index is 735. The molecule has 2 heterocycles. The average molecular weight is 305 g/mol. The second-order valence-electron chi connectivity index (χ2n) is 5.85. The Hall–Kier alpha value is -2.26. The number of nitrogens with one attached hydrogen (secondary N) is 1. The maximum atomic E-state index is 4.44. The molecule has 0 amide bonds. The number of aromatic nitrogens is 2. The fourth-order valence-corrected chi connectivity index (χ4v) is 2.93. The summed E-state index contributed by atoms with van der Waals surface area (Å²) in [6.07, 6.45) is 9.19. The highest BCUT2D eigenvalue weighted by Crippen LogP contribution is 2.21. The van der Waals surface area contributed by atoms with Crippen molar-refractivity contribution >= 4 is 10.9 Å². The smallest absolute Gasteiger partial charge is 0.0705 e. The highest BCUT2D eigenvalue weighted by molar-refractivity contribution is 5.81. The van der Waals surface area contributed by atoms with Gasteiger partial charge in [0.1, 0.15) is 0 Å². The number of fused-ring (bicyclic) bond motifs is 1. The van der Waals surface area contributed by atoms with Gasteiger partial charge in [-0.15, -0.1) is 0 Å². The molecule has 118 valence electrons. The number of pyridine rings is 2. The van der Waals surface area contributed by atoms with Gasteiger partial charge < -0.3 is 5.32 Å². The molecule has 1 atom stereocenters. The van der Waals surface area contributed by atoms with E-state index in [1.807, 2.05) is 30.7 Å². The number of hydrogen-bond acceptors (Lipinski definition) is 3. The van der Waals surface area contributed by atoms with Gasteiger partial charge in [0.25, 0.3) is 0 Å². The Kier molecular flexibility index (Phi) is 5.33. The lowest BCUT2D eigenvalue weighted by molar-refractivity contribution is 0.480. The van der Waals surface area contributed by atoms with Gasteiger partial charge >= 0.3 is 0 Å². The Morgan fingerprint density at radius 3 is 2.78 bits per heavy atom. The van der Waals surface area contributed by atoms with Crippen LogP contribution in [0.25, 0.3) is 10.9 Å². The van der Waals surface area contributed by atoms with Crippen molar-refractivity contribution in [2.45, 2.75) is 38.8 Å². The lowest BCUT2D eigenvalue weighted by Crippen LogP contribution is -2.21. The number of hydrogen-bond donors (Lipinski definition) is 1. The van der Waals surface area contributed by atoms with Crippen LogP contribution in [0.15, 0.2) is 61.1 Å². The Morgan fingerprint density at radius 1 is 1.04 bits per heavy atom. The Morgan fingerprint density at radius 2 is 1.96 bits per heavy atom. The molecule has 3 nitrogen and oxygen atoms in total. The summed E-state index contributed by atoms with van der Waals surface area (Å²) in [7, 11) is 0.